The van der Waals surface area contributed by atoms with Gasteiger partial charge >= 0.3 is 0 Å². The van der Waals surface area contributed by atoms with Crippen molar-refractivity contribution in [1.82, 2.24) is 10.6 Å². The van der Waals surface area contributed by atoms with Crippen LogP contribution < -0.4 is 16.4 Å². The first kappa shape index (κ1) is 11.1. The molecular formula is C11H17N3O2. The third-order valence-corrected chi connectivity index (χ3v) is 3.07. The van der Waals surface area contributed by atoms with Gasteiger partial charge in [-0.1, -0.05) is 12.2 Å². The molecule has 1 aliphatic carbocycles. The second-order valence-electron chi connectivity index (χ2n) is 4.44. The number of carbonyl (C=O) groups is 2. The predicted octanol–water partition coefficient (Wildman–Crippen LogP) is -0.715. The van der Waals surface area contributed by atoms with Gasteiger partial charge in [0.15, 0.2) is 0 Å². The van der Waals surface area contributed by atoms with E-state index in [1.807, 2.05) is 12.2 Å². The zero-order chi connectivity index (χ0) is 11.5. The Morgan fingerprint density at radius 2 is 2.31 bits per heavy atom. The normalized spacial score (nSPS) is 33.6. The maximum Gasteiger partial charge on any atom is 0.227 e. The van der Waals surface area contributed by atoms with Gasteiger partial charge in [0.25, 0.3) is 0 Å². The fourth-order valence-electron chi connectivity index (χ4n) is 2.09. The van der Waals surface area contributed by atoms with E-state index in [1.54, 1.807) is 0 Å². The standard InChI is InChI=1S/C11H17N3O2/c12-8-2-1-7(5-8)11(16)14-9-3-4-10(15)13-6-9/h1-2,7-9H,3-6,12H2,(H,13,15)(H,14,16). The fraction of sp³-hybridized carbons (Fsp3) is 0.636. The van der Waals surface area contributed by atoms with E-state index in [0.717, 1.165) is 6.42 Å². The predicted molar refractivity (Wildman–Crippen MR) is 59.4 cm³/mol. The highest BCUT2D eigenvalue weighted by Gasteiger charge is 2.26. The quantitative estimate of drug-likeness (QED) is 0.540. The summed E-state index contributed by atoms with van der Waals surface area (Å²) in [5, 5.41) is 5.68. The molecule has 0 aromatic carbocycles. The average Bonchev–Trinajstić information content (AvgIpc) is 2.68. The molecule has 0 radical (unpaired) electrons. The fourth-order valence-corrected chi connectivity index (χ4v) is 2.09. The lowest BCUT2D eigenvalue weighted by atomic mass is 10.0. The number of nitrogens with one attached hydrogen (secondary N) is 2. The second-order valence-corrected chi connectivity index (χ2v) is 4.44. The van der Waals surface area contributed by atoms with Gasteiger partial charge in [0.1, 0.15) is 0 Å². The van der Waals surface area contributed by atoms with Crippen LogP contribution >= 0.6 is 0 Å². The number of rotatable bonds is 2. The third-order valence-electron chi connectivity index (χ3n) is 3.07. The average molecular weight is 223 g/mol. The molecular weight excluding hydrogens is 206 g/mol. The number of carbonyl (C=O) groups excluding carboxylic acids is 2. The highest BCUT2D eigenvalue weighted by Crippen LogP contribution is 2.17. The van der Waals surface area contributed by atoms with Crippen molar-refractivity contribution in [3.05, 3.63) is 12.2 Å². The molecule has 2 aliphatic rings. The van der Waals surface area contributed by atoms with Gasteiger partial charge in [-0.25, -0.2) is 0 Å². The van der Waals surface area contributed by atoms with Crippen molar-refractivity contribution in [3.8, 4) is 0 Å². The maximum atomic E-state index is 11.8. The van der Waals surface area contributed by atoms with Crippen LogP contribution in [0.1, 0.15) is 19.3 Å². The Morgan fingerprint density at radius 1 is 1.50 bits per heavy atom. The van der Waals surface area contributed by atoms with Gasteiger partial charge in [-0.05, 0) is 12.8 Å². The van der Waals surface area contributed by atoms with Crippen LogP contribution in [0.4, 0.5) is 0 Å². The molecule has 0 bridgehead atoms. The molecule has 4 N–H and O–H groups in total. The van der Waals surface area contributed by atoms with Crippen molar-refractivity contribution in [1.29, 1.82) is 0 Å². The van der Waals surface area contributed by atoms with Crippen LogP contribution in [-0.4, -0.2) is 30.4 Å². The van der Waals surface area contributed by atoms with Gasteiger partial charge in [0.2, 0.25) is 11.8 Å². The molecule has 0 saturated carbocycles. The summed E-state index contributed by atoms with van der Waals surface area (Å²) < 4.78 is 0. The molecule has 3 unspecified atom stereocenters. The van der Waals surface area contributed by atoms with E-state index in [4.69, 9.17) is 5.73 Å². The van der Waals surface area contributed by atoms with Crippen LogP contribution in [0.5, 0.6) is 0 Å². The Morgan fingerprint density at radius 3 is 2.88 bits per heavy atom. The number of amides is 2. The van der Waals surface area contributed by atoms with E-state index in [0.29, 0.717) is 19.4 Å². The summed E-state index contributed by atoms with van der Waals surface area (Å²) >= 11 is 0. The Bertz CT molecular complexity index is 317. The third kappa shape index (κ3) is 2.61. The Kier molecular flexibility index (Phi) is 3.24. The molecule has 1 saturated heterocycles. The summed E-state index contributed by atoms with van der Waals surface area (Å²) in [7, 11) is 0. The van der Waals surface area contributed by atoms with Crippen molar-refractivity contribution in [3.63, 3.8) is 0 Å². The molecule has 5 nitrogen and oxygen atoms in total. The van der Waals surface area contributed by atoms with E-state index in [1.165, 1.54) is 0 Å². The molecule has 1 aliphatic heterocycles. The van der Waals surface area contributed by atoms with E-state index < -0.39 is 0 Å². The highest BCUT2D eigenvalue weighted by molar-refractivity contribution is 5.82. The molecule has 0 spiro atoms. The summed E-state index contributed by atoms with van der Waals surface area (Å²) in [5.41, 5.74) is 5.69. The van der Waals surface area contributed by atoms with E-state index in [2.05, 4.69) is 10.6 Å². The van der Waals surface area contributed by atoms with Crippen LogP contribution in [0.3, 0.4) is 0 Å². The van der Waals surface area contributed by atoms with Crippen LogP contribution in [0.15, 0.2) is 12.2 Å². The summed E-state index contributed by atoms with van der Waals surface area (Å²) in [6.45, 7) is 0.535. The molecule has 1 heterocycles. The molecule has 1 fully saturated rings. The summed E-state index contributed by atoms with van der Waals surface area (Å²) in [4.78, 5) is 22.8. The van der Waals surface area contributed by atoms with Crippen molar-refractivity contribution < 1.29 is 9.59 Å². The lowest BCUT2D eigenvalue weighted by Crippen LogP contribution is -2.49. The highest BCUT2D eigenvalue weighted by atomic mass is 16.2. The topological polar surface area (TPSA) is 84.2 Å². The van der Waals surface area contributed by atoms with E-state index >= 15 is 0 Å². The number of piperidine rings is 1. The summed E-state index contributed by atoms with van der Waals surface area (Å²) in [6.07, 6.45) is 5.63. The molecule has 0 aromatic rings. The molecule has 5 heteroatoms. The molecule has 2 rings (SSSR count). The number of nitrogens with two attached hydrogens (primary N) is 1. The zero-order valence-electron chi connectivity index (χ0n) is 9.11. The summed E-state index contributed by atoms with van der Waals surface area (Å²) in [6, 6.07) is 0.0669. The molecule has 2 amide bonds. The van der Waals surface area contributed by atoms with Crippen LogP contribution in [0.2, 0.25) is 0 Å². The van der Waals surface area contributed by atoms with Gasteiger partial charge < -0.3 is 16.4 Å². The minimum Gasteiger partial charge on any atom is -0.354 e. The zero-order valence-corrected chi connectivity index (χ0v) is 9.11. The molecule has 3 atom stereocenters. The largest absolute Gasteiger partial charge is 0.354 e. The molecule has 88 valence electrons. The van der Waals surface area contributed by atoms with Gasteiger partial charge in [-0.15, -0.1) is 0 Å². The van der Waals surface area contributed by atoms with Crippen LogP contribution in [0.25, 0.3) is 0 Å². The van der Waals surface area contributed by atoms with Gasteiger partial charge in [-0.2, -0.15) is 0 Å². The molecule has 0 aromatic heterocycles. The molecule has 16 heavy (non-hydrogen) atoms. The monoisotopic (exact) mass is 223 g/mol. The first-order chi connectivity index (χ1) is 7.65. The van der Waals surface area contributed by atoms with Gasteiger partial charge in [0.05, 0.1) is 5.92 Å². The minimum absolute atomic E-state index is 0.00167. The van der Waals surface area contributed by atoms with Gasteiger partial charge in [-0.3, -0.25) is 9.59 Å². The van der Waals surface area contributed by atoms with Gasteiger partial charge in [0, 0.05) is 25.0 Å². The van der Waals surface area contributed by atoms with Crippen molar-refractivity contribution >= 4 is 11.8 Å². The first-order valence-electron chi connectivity index (χ1n) is 5.66. The second kappa shape index (κ2) is 4.65. The van der Waals surface area contributed by atoms with Crippen molar-refractivity contribution in [2.45, 2.75) is 31.3 Å². The maximum absolute atomic E-state index is 11.8. The van der Waals surface area contributed by atoms with E-state index in [9.17, 15) is 9.59 Å². The first-order valence-corrected chi connectivity index (χ1v) is 5.66. The van der Waals surface area contributed by atoms with Crippen LogP contribution in [-0.2, 0) is 9.59 Å². The summed E-state index contributed by atoms with van der Waals surface area (Å²) in [5.74, 6) is -0.0220. The Balaban J connectivity index is 1.79. The lowest BCUT2D eigenvalue weighted by Gasteiger charge is -2.24. The Labute approximate surface area is 94.5 Å². The van der Waals surface area contributed by atoms with Crippen molar-refractivity contribution in [2.75, 3.05) is 6.54 Å². The van der Waals surface area contributed by atoms with Crippen molar-refractivity contribution in [2.24, 2.45) is 11.7 Å². The Hall–Kier alpha value is -1.36. The minimum atomic E-state index is -0.104. The smallest absolute Gasteiger partial charge is 0.227 e. The SMILES string of the molecule is NC1C=CC(C(=O)NC2CCC(=O)NC2)C1. The number of hydrogen-bond acceptors (Lipinski definition) is 3. The lowest BCUT2D eigenvalue weighted by molar-refractivity contribution is -0.127. The van der Waals surface area contributed by atoms with Crippen LogP contribution in [0, 0.1) is 5.92 Å². The van der Waals surface area contributed by atoms with E-state index in [-0.39, 0.29) is 29.8 Å². The number of hydrogen-bond donors (Lipinski definition) is 3.